The molecule has 0 atom stereocenters. The van der Waals surface area contributed by atoms with Crippen molar-refractivity contribution in [1.29, 1.82) is 0 Å². The van der Waals surface area contributed by atoms with Gasteiger partial charge < -0.3 is 21.1 Å². The van der Waals surface area contributed by atoms with Crippen molar-refractivity contribution in [2.24, 2.45) is 0 Å². The second kappa shape index (κ2) is 5.97. The molecule has 0 saturated carbocycles. The predicted molar refractivity (Wildman–Crippen MR) is 63.7 cm³/mol. The minimum Gasteiger partial charge on any atom is -0.495 e. The number of rotatable bonds is 5. The van der Waals surface area contributed by atoms with Gasteiger partial charge >= 0.3 is 0 Å². The highest BCUT2D eigenvalue weighted by Gasteiger charge is 2.07. The van der Waals surface area contributed by atoms with Crippen molar-refractivity contribution in [3.8, 4) is 5.75 Å². The van der Waals surface area contributed by atoms with E-state index >= 15 is 0 Å². The Kier molecular flexibility index (Phi) is 4.60. The molecule has 1 aromatic rings. The molecule has 0 radical (unpaired) electrons. The van der Waals surface area contributed by atoms with Gasteiger partial charge in [-0.3, -0.25) is 4.79 Å². The van der Waals surface area contributed by atoms with Crippen LogP contribution in [0, 0.1) is 0 Å². The summed E-state index contributed by atoms with van der Waals surface area (Å²) < 4.78 is 5.04. The van der Waals surface area contributed by atoms with Crippen LogP contribution in [0.1, 0.15) is 10.4 Å². The van der Waals surface area contributed by atoms with Gasteiger partial charge in [0, 0.05) is 18.7 Å². The molecule has 1 amide bonds. The molecule has 0 spiro atoms. The van der Waals surface area contributed by atoms with E-state index in [1.807, 2.05) is 7.05 Å². The maximum atomic E-state index is 11.7. The Morgan fingerprint density at radius 2 is 2.19 bits per heavy atom. The van der Waals surface area contributed by atoms with Crippen LogP contribution < -0.4 is 21.1 Å². The first-order chi connectivity index (χ1) is 7.69. The fraction of sp³-hybridized carbons (Fsp3) is 0.364. The topological polar surface area (TPSA) is 76.4 Å². The van der Waals surface area contributed by atoms with Gasteiger partial charge in [-0.15, -0.1) is 0 Å². The highest BCUT2D eigenvalue weighted by Crippen LogP contribution is 2.21. The summed E-state index contributed by atoms with van der Waals surface area (Å²) in [5.74, 6) is 0.384. The molecule has 0 aliphatic carbocycles. The maximum Gasteiger partial charge on any atom is 0.251 e. The third-order valence-electron chi connectivity index (χ3n) is 2.16. The Morgan fingerprint density at radius 1 is 1.44 bits per heavy atom. The quantitative estimate of drug-likeness (QED) is 0.493. The van der Waals surface area contributed by atoms with E-state index in [1.54, 1.807) is 18.2 Å². The van der Waals surface area contributed by atoms with Crippen molar-refractivity contribution in [2.75, 3.05) is 33.0 Å². The number of nitrogen functional groups attached to an aromatic ring is 1. The van der Waals surface area contributed by atoms with E-state index < -0.39 is 0 Å². The number of anilines is 1. The van der Waals surface area contributed by atoms with E-state index in [4.69, 9.17) is 10.5 Å². The molecule has 5 heteroatoms. The van der Waals surface area contributed by atoms with Gasteiger partial charge in [0.05, 0.1) is 12.8 Å². The second-order valence-corrected chi connectivity index (χ2v) is 3.32. The van der Waals surface area contributed by atoms with Crippen LogP contribution in [0.2, 0.25) is 0 Å². The number of carbonyl (C=O) groups is 1. The molecule has 0 aromatic heterocycles. The molecule has 0 aliphatic rings. The lowest BCUT2D eigenvalue weighted by Crippen LogP contribution is -2.30. The molecule has 16 heavy (non-hydrogen) atoms. The Morgan fingerprint density at radius 3 is 2.81 bits per heavy atom. The molecular weight excluding hydrogens is 206 g/mol. The summed E-state index contributed by atoms with van der Waals surface area (Å²) in [4.78, 5) is 11.7. The summed E-state index contributed by atoms with van der Waals surface area (Å²) >= 11 is 0. The number of ether oxygens (including phenoxy) is 1. The molecule has 1 aromatic carbocycles. The van der Waals surface area contributed by atoms with E-state index in [-0.39, 0.29) is 5.91 Å². The number of hydrogen-bond acceptors (Lipinski definition) is 4. The lowest BCUT2D eigenvalue weighted by molar-refractivity contribution is 0.0954. The van der Waals surface area contributed by atoms with Crippen LogP contribution in [0.25, 0.3) is 0 Å². The van der Waals surface area contributed by atoms with Crippen molar-refractivity contribution >= 4 is 11.6 Å². The zero-order valence-corrected chi connectivity index (χ0v) is 9.54. The van der Waals surface area contributed by atoms with Crippen molar-refractivity contribution < 1.29 is 9.53 Å². The summed E-state index contributed by atoms with van der Waals surface area (Å²) in [5.41, 5.74) is 6.72. The van der Waals surface area contributed by atoms with Gasteiger partial charge in [0.1, 0.15) is 5.75 Å². The predicted octanol–water partition coefficient (Wildman–Crippen LogP) is 0.227. The summed E-state index contributed by atoms with van der Waals surface area (Å²) in [5, 5.41) is 5.72. The SMILES string of the molecule is CNCCNC(=O)c1ccc(N)c(OC)c1. The van der Waals surface area contributed by atoms with E-state index in [0.717, 1.165) is 6.54 Å². The van der Waals surface area contributed by atoms with Crippen LogP contribution in [0.15, 0.2) is 18.2 Å². The van der Waals surface area contributed by atoms with Crippen LogP contribution in [0.4, 0.5) is 5.69 Å². The summed E-state index contributed by atoms with van der Waals surface area (Å²) in [6, 6.07) is 4.96. The third-order valence-corrected chi connectivity index (χ3v) is 2.16. The van der Waals surface area contributed by atoms with Crippen LogP contribution in [0.5, 0.6) is 5.75 Å². The van der Waals surface area contributed by atoms with Crippen LogP contribution >= 0.6 is 0 Å². The minimum absolute atomic E-state index is 0.131. The Bertz CT molecular complexity index is 366. The number of likely N-dealkylation sites (N-methyl/N-ethyl adjacent to an activating group) is 1. The number of methoxy groups -OCH3 is 1. The van der Waals surface area contributed by atoms with Crippen molar-refractivity contribution in [3.63, 3.8) is 0 Å². The number of nitrogens with one attached hydrogen (secondary N) is 2. The molecule has 0 saturated heterocycles. The smallest absolute Gasteiger partial charge is 0.251 e. The molecular formula is C11H17N3O2. The standard InChI is InChI=1S/C11H17N3O2/c1-13-5-6-14-11(15)8-3-4-9(12)10(7-8)16-2/h3-4,7,13H,5-6,12H2,1-2H3,(H,14,15). The number of hydrogen-bond donors (Lipinski definition) is 3. The summed E-state index contributed by atoms with van der Waals surface area (Å²) in [7, 11) is 3.35. The first kappa shape index (κ1) is 12.3. The van der Waals surface area contributed by atoms with Crippen molar-refractivity contribution in [2.45, 2.75) is 0 Å². The number of nitrogens with two attached hydrogens (primary N) is 1. The van der Waals surface area contributed by atoms with Gasteiger partial charge in [-0.2, -0.15) is 0 Å². The monoisotopic (exact) mass is 223 g/mol. The Hall–Kier alpha value is -1.75. The largest absolute Gasteiger partial charge is 0.495 e. The second-order valence-electron chi connectivity index (χ2n) is 3.32. The average molecular weight is 223 g/mol. The van der Waals surface area contributed by atoms with Crippen LogP contribution in [-0.2, 0) is 0 Å². The Labute approximate surface area is 95.0 Å². The van der Waals surface area contributed by atoms with Crippen molar-refractivity contribution in [3.05, 3.63) is 23.8 Å². The lowest BCUT2D eigenvalue weighted by atomic mass is 10.2. The van der Waals surface area contributed by atoms with Gasteiger partial charge in [0.2, 0.25) is 0 Å². The van der Waals surface area contributed by atoms with Crippen LogP contribution in [-0.4, -0.2) is 33.2 Å². The molecule has 0 heterocycles. The van der Waals surface area contributed by atoms with Gasteiger partial charge in [-0.05, 0) is 25.2 Å². The number of carbonyl (C=O) groups excluding carboxylic acids is 1. The first-order valence-corrected chi connectivity index (χ1v) is 5.05. The zero-order valence-electron chi connectivity index (χ0n) is 9.54. The van der Waals surface area contributed by atoms with E-state index in [9.17, 15) is 4.79 Å². The van der Waals surface area contributed by atoms with Gasteiger partial charge in [-0.25, -0.2) is 0 Å². The van der Waals surface area contributed by atoms with E-state index in [2.05, 4.69) is 10.6 Å². The maximum absolute atomic E-state index is 11.7. The third kappa shape index (κ3) is 3.13. The minimum atomic E-state index is -0.131. The van der Waals surface area contributed by atoms with Crippen molar-refractivity contribution in [1.82, 2.24) is 10.6 Å². The van der Waals surface area contributed by atoms with Gasteiger partial charge in [0.25, 0.3) is 5.91 Å². The normalized spacial score (nSPS) is 9.88. The molecule has 88 valence electrons. The highest BCUT2D eigenvalue weighted by molar-refractivity contribution is 5.95. The lowest BCUT2D eigenvalue weighted by Gasteiger charge is -2.08. The number of benzene rings is 1. The van der Waals surface area contributed by atoms with E-state index in [0.29, 0.717) is 23.5 Å². The van der Waals surface area contributed by atoms with Gasteiger partial charge in [0.15, 0.2) is 0 Å². The molecule has 0 bridgehead atoms. The molecule has 4 N–H and O–H groups in total. The highest BCUT2D eigenvalue weighted by atomic mass is 16.5. The molecule has 0 aliphatic heterocycles. The number of amides is 1. The fourth-order valence-corrected chi connectivity index (χ4v) is 1.26. The zero-order chi connectivity index (χ0) is 12.0. The summed E-state index contributed by atoms with van der Waals surface area (Å²) in [6.45, 7) is 1.32. The van der Waals surface area contributed by atoms with Gasteiger partial charge in [-0.1, -0.05) is 0 Å². The first-order valence-electron chi connectivity index (χ1n) is 5.05. The molecule has 0 unspecified atom stereocenters. The fourth-order valence-electron chi connectivity index (χ4n) is 1.26. The van der Waals surface area contributed by atoms with E-state index in [1.165, 1.54) is 7.11 Å². The van der Waals surface area contributed by atoms with Crippen LogP contribution in [0.3, 0.4) is 0 Å². The average Bonchev–Trinajstić information content (AvgIpc) is 2.30. The summed E-state index contributed by atoms with van der Waals surface area (Å²) in [6.07, 6.45) is 0. The molecule has 5 nitrogen and oxygen atoms in total. The molecule has 1 rings (SSSR count). The molecule has 0 fully saturated rings. The Balaban J connectivity index is 2.68.